The van der Waals surface area contributed by atoms with Crippen molar-refractivity contribution in [2.75, 3.05) is 13.2 Å². The lowest BCUT2D eigenvalue weighted by atomic mass is 10.0. The summed E-state index contributed by atoms with van der Waals surface area (Å²) in [6.45, 7) is 2.74. The summed E-state index contributed by atoms with van der Waals surface area (Å²) < 4.78 is 8.29. The summed E-state index contributed by atoms with van der Waals surface area (Å²) in [6, 6.07) is 14.5. The van der Waals surface area contributed by atoms with Crippen LogP contribution in [0.25, 0.3) is 10.9 Å². The van der Waals surface area contributed by atoms with Gasteiger partial charge in [-0.1, -0.05) is 23.7 Å². The van der Waals surface area contributed by atoms with E-state index in [1.165, 1.54) is 27.7 Å². The van der Waals surface area contributed by atoms with E-state index in [4.69, 9.17) is 16.3 Å². The molecule has 0 spiro atoms. The number of fused-ring (bicyclic) bond motifs is 3. The van der Waals surface area contributed by atoms with Gasteiger partial charge in [-0.2, -0.15) is 0 Å². The SMILES string of the molecule is Cn1c2c(c3ccc(OCCCc4ccc(Cl)cc4)cc31)CCNC2. The minimum absolute atomic E-state index is 0.722. The Kier molecular flexibility index (Phi) is 4.69. The second kappa shape index (κ2) is 7.11. The molecule has 1 aliphatic heterocycles. The first-order chi connectivity index (χ1) is 12.2. The molecule has 3 aromatic rings. The predicted molar refractivity (Wildman–Crippen MR) is 104 cm³/mol. The number of ether oxygens (including phenoxy) is 1. The first-order valence-electron chi connectivity index (χ1n) is 8.90. The molecule has 4 heteroatoms. The van der Waals surface area contributed by atoms with Crippen molar-refractivity contribution >= 4 is 22.5 Å². The topological polar surface area (TPSA) is 26.2 Å². The van der Waals surface area contributed by atoms with Gasteiger partial charge in [0.25, 0.3) is 0 Å². The number of hydrogen-bond acceptors (Lipinski definition) is 2. The van der Waals surface area contributed by atoms with Gasteiger partial charge >= 0.3 is 0 Å². The molecule has 2 aromatic carbocycles. The lowest BCUT2D eigenvalue weighted by Crippen LogP contribution is -2.24. The van der Waals surface area contributed by atoms with Crippen molar-refractivity contribution in [3.05, 3.63) is 64.3 Å². The minimum Gasteiger partial charge on any atom is -0.494 e. The second-order valence-electron chi connectivity index (χ2n) is 6.67. The highest BCUT2D eigenvalue weighted by atomic mass is 35.5. The highest BCUT2D eigenvalue weighted by Gasteiger charge is 2.18. The van der Waals surface area contributed by atoms with E-state index in [0.717, 1.165) is 49.7 Å². The first-order valence-corrected chi connectivity index (χ1v) is 9.28. The van der Waals surface area contributed by atoms with E-state index in [1.807, 2.05) is 12.1 Å². The van der Waals surface area contributed by atoms with Crippen LogP contribution in [0.2, 0.25) is 5.02 Å². The van der Waals surface area contributed by atoms with Crippen LogP contribution in [0.15, 0.2) is 42.5 Å². The molecule has 0 saturated heterocycles. The molecule has 0 saturated carbocycles. The van der Waals surface area contributed by atoms with Crippen molar-refractivity contribution in [1.82, 2.24) is 9.88 Å². The third-order valence-corrected chi connectivity index (χ3v) is 5.30. The van der Waals surface area contributed by atoms with Gasteiger partial charge in [0.05, 0.1) is 12.1 Å². The quantitative estimate of drug-likeness (QED) is 0.683. The maximum atomic E-state index is 5.99. The molecule has 0 amide bonds. The maximum absolute atomic E-state index is 5.99. The fourth-order valence-corrected chi connectivity index (χ4v) is 3.81. The molecule has 0 radical (unpaired) electrons. The van der Waals surface area contributed by atoms with Crippen LogP contribution in [-0.4, -0.2) is 17.7 Å². The zero-order valence-corrected chi connectivity index (χ0v) is 15.3. The Balaban J connectivity index is 1.42. The monoisotopic (exact) mass is 354 g/mol. The Labute approximate surface area is 153 Å². The van der Waals surface area contributed by atoms with E-state index in [-0.39, 0.29) is 0 Å². The van der Waals surface area contributed by atoms with Crippen LogP contribution in [0.4, 0.5) is 0 Å². The molecule has 4 rings (SSSR count). The smallest absolute Gasteiger partial charge is 0.121 e. The number of benzene rings is 2. The molecule has 3 nitrogen and oxygen atoms in total. The summed E-state index contributed by atoms with van der Waals surface area (Å²) in [4.78, 5) is 0. The Hall–Kier alpha value is -1.97. The molecule has 130 valence electrons. The second-order valence-corrected chi connectivity index (χ2v) is 7.10. The van der Waals surface area contributed by atoms with Gasteiger partial charge < -0.3 is 14.6 Å². The highest BCUT2D eigenvalue weighted by Crippen LogP contribution is 2.30. The van der Waals surface area contributed by atoms with Crippen LogP contribution in [-0.2, 0) is 26.4 Å². The Morgan fingerprint density at radius 1 is 1.16 bits per heavy atom. The summed E-state index contributed by atoms with van der Waals surface area (Å²) in [6.07, 6.45) is 3.10. The molecule has 1 aliphatic rings. The molecule has 0 unspecified atom stereocenters. The number of halogens is 1. The van der Waals surface area contributed by atoms with E-state index < -0.39 is 0 Å². The third kappa shape index (κ3) is 3.39. The van der Waals surface area contributed by atoms with Gasteiger partial charge in [-0.05, 0) is 61.2 Å². The Morgan fingerprint density at radius 3 is 2.84 bits per heavy atom. The largest absolute Gasteiger partial charge is 0.494 e. The standard InChI is InChI=1S/C21H23ClN2O/c1-24-20-13-17(8-9-18(20)19-10-11-23-14-21(19)24)25-12-2-3-15-4-6-16(22)7-5-15/h4-9,13,23H,2-3,10-12,14H2,1H3. The van der Waals surface area contributed by atoms with E-state index in [0.29, 0.717) is 0 Å². The summed E-state index contributed by atoms with van der Waals surface area (Å²) in [7, 11) is 2.15. The molecule has 2 heterocycles. The van der Waals surface area contributed by atoms with Crippen molar-refractivity contribution < 1.29 is 4.74 Å². The van der Waals surface area contributed by atoms with Crippen molar-refractivity contribution in [2.24, 2.45) is 7.05 Å². The number of aromatic nitrogens is 1. The average molecular weight is 355 g/mol. The Bertz CT molecular complexity index is 883. The fourth-order valence-electron chi connectivity index (χ4n) is 3.68. The van der Waals surface area contributed by atoms with Crippen LogP contribution in [0.1, 0.15) is 23.2 Å². The molecule has 0 bridgehead atoms. The maximum Gasteiger partial charge on any atom is 0.121 e. The molecule has 1 N–H and O–H groups in total. The van der Waals surface area contributed by atoms with E-state index in [1.54, 1.807) is 0 Å². The van der Waals surface area contributed by atoms with Crippen LogP contribution in [0.3, 0.4) is 0 Å². The minimum atomic E-state index is 0.722. The number of rotatable bonds is 5. The van der Waals surface area contributed by atoms with Crippen LogP contribution < -0.4 is 10.1 Å². The first kappa shape index (κ1) is 16.5. The van der Waals surface area contributed by atoms with Gasteiger partial charge in [0.1, 0.15) is 5.75 Å². The lowest BCUT2D eigenvalue weighted by Gasteiger charge is -2.14. The molecule has 0 fully saturated rings. The number of hydrogen-bond donors (Lipinski definition) is 1. The van der Waals surface area contributed by atoms with Crippen LogP contribution in [0.5, 0.6) is 5.75 Å². The van der Waals surface area contributed by atoms with Gasteiger partial charge in [0.15, 0.2) is 0 Å². The van der Waals surface area contributed by atoms with Gasteiger partial charge in [-0.15, -0.1) is 0 Å². The van der Waals surface area contributed by atoms with Crippen molar-refractivity contribution in [3.63, 3.8) is 0 Å². The van der Waals surface area contributed by atoms with E-state index >= 15 is 0 Å². The summed E-state index contributed by atoms with van der Waals surface area (Å²) >= 11 is 5.92. The van der Waals surface area contributed by atoms with Gasteiger partial charge in [0.2, 0.25) is 0 Å². The molecular formula is C21H23ClN2O. The lowest BCUT2D eigenvalue weighted by molar-refractivity contribution is 0.311. The normalized spacial score (nSPS) is 13.8. The van der Waals surface area contributed by atoms with Crippen LogP contribution >= 0.6 is 11.6 Å². The number of nitrogens with zero attached hydrogens (tertiary/aromatic N) is 1. The molecule has 1 aromatic heterocycles. The van der Waals surface area contributed by atoms with Gasteiger partial charge in [0, 0.05) is 35.8 Å². The van der Waals surface area contributed by atoms with E-state index in [2.05, 4.69) is 47.3 Å². The fraction of sp³-hybridized carbons (Fsp3) is 0.333. The van der Waals surface area contributed by atoms with Gasteiger partial charge in [-0.25, -0.2) is 0 Å². The van der Waals surface area contributed by atoms with E-state index in [9.17, 15) is 0 Å². The molecule has 0 atom stereocenters. The molecule has 0 aliphatic carbocycles. The predicted octanol–water partition coefficient (Wildman–Crippen LogP) is 4.49. The van der Waals surface area contributed by atoms with Crippen molar-refractivity contribution in [3.8, 4) is 5.75 Å². The zero-order chi connectivity index (χ0) is 17.2. The third-order valence-electron chi connectivity index (χ3n) is 5.04. The average Bonchev–Trinajstić information content (AvgIpc) is 2.93. The Morgan fingerprint density at radius 2 is 2.00 bits per heavy atom. The summed E-state index contributed by atoms with van der Waals surface area (Å²) in [5.41, 5.74) is 5.46. The van der Waals surface area contributed by atoms with Crippen molar-refractivity contribution in [1.29, 1.82) is 0 Å². The van der Waals surface area contributed by atoms with Crippen LogP contribution in [0, 0.1) is 0 Å². The summed E-state index contributed by atoms with van der Waals surface area (Å²) in [5, 5.41) is 5.61. The summed E-state index contributed by atoms with van der Waals surface area (Å²) in [5.74, 6) is 0.953. The molecule has 25 heavy (non-hydrogen) atoms. The highest BCUT2D eigenvalue weighted by molar-refractivity contribution is 6.30. The number of aryl methyl sites for hydroxylation is 2. The number of nitrogens with one attached hydrogen (secondary N) is 1. The van der Waals surface area contributed by atoms with Gasteiger partial charge in [-0.3, -0.25) is 0 Å². The zero-order valence-electron chi connectivity index (χ0n) is 14.5. The van der Waals surface area contributed by atoms with Crippen molar-refractivity contribution in [2.45, 2.75) is 25.8 Å². The molecular weight excluding hydrogens is 332 g/mol.